The van der Waals surface area contributed by atoms with Crippen LogP contribution in [0.5, 0.6) is 0 Å². The molecule has 2 rings (SSSR count). The maximum absolute atomic E-state index is 11.7. The molecule has 0 saturated carbocycles. The van der Waals surface area contributed by atoms with Gasteiger partial charge in [-0.15, -0.1) is 0 Å². The Morgan fingerprint density at radius 2 is 2.00 bits per heavy atom. The number of benzene rings is 1. The standard InChI is InChI=1S/C12H15ClN2O/c13-11-3-1-10(2-4-11)9-15-8-7-14-6-5-12(15)16/h1-4,14H,5-9H2. The fraction of sp³-hybridized carbons (Fsp3) is 0.417. The van der Waals surface area contributed by atoms with Gasteiger partial charge in [0.05, 0.1) is 0 Å². The van der Waals surface area contributed by atoms with E-state index in [0.717, 1.165) is 30.2 Å². The first-order valence-corrected chi connectivity index (χ1v) is 5.86. The Kier molecular flexibility index (Phi) is 3.80. The highest BCUT2D eigenvalue weighted by Gasteiger charge is 2.15. The second-order valence-electron chi connectivity index (χ2n) is 3.94. The molecule has 16 heavy (non-hydrogen) atoms. The molecule has 1 heterocycles. The van der Waals surface area contributed by atoms with Crippen LogP contribution in [0.3, 0.4) is 0 Å². The number of amides is 1. The summed E-state index contributed by atoms with van der Waals surface area (Å²) in [5.41, 5.74) is 1.12. The van der Waals surface area contributed by atoms with Gasteiger partial charge in [-0.1, -0.05) is 23.7 Å². The lowest BCUT2D eigenvalue weighted by molar-refractivity contribution is -0.130. The van der Waals surface area contributed by atoms with E-state index >= 15 is 0 Å². The number of nitrogens with one attached hydrogen (secondary N) is 1. The number of carbonyl (C=O) groups is 1. The van der Waals surface area contributed by atoms with Crippen LogP contribution >= 0.6 is 11.6 Å². The Hall–Kier alpha value is -1.06. The van der Waals surface area contributed by atoms with Crippen molar-refractivity contribution in [2.45, 2.75) is 13.0 Å². The molecule has 1 aromatic carbocycles. The summed E-state index contributed by atoms with van der Waals surface area (Å²) in [6.07, 6.45) is 0.591. The number of halogens is 1. The summed E-state index contributed by atoms with van der Waals surface area (Å²) in [5.74, 6) is 0.222. The van der Waals surface area contributed by atoms with Gasteiger partial charge in [-0.2, -0.15) is 0 Å². The maximum Gasteiger partial charge on any atom is 0.224 e. The average molecular weight is 239 g/mol. The number of rotatable bonds is 2. The molecule has 1 aliphatic rings. The molecule has 0 atom stereocenters. The van der Waals surface area contributed by atoms with Gasteiger partial charge >= 0.3 is 0 Å². The highest BCUT2D eigenvalue weighted by Crippen LogP contribution is 2.12. The summed E-state index contributed by atoms with van der Waals surface area (Å²) < 4.78 is 0. The molecule has 1 aromatic rings. The van der Waals surface area contributed by atoms with Gasteiger partial charge in [-0.05, 0) is 17.7 Å². The molecule has 0 aromatic heterocycles. The summed E-state index contributed by atoms with van der Waals surface area (Å²) in [6.45, 7) is 3.12. The van der Waals surface area contributed by atoms with Crippen molar-refractivity contribution in [3.63, 3.8) is 0 Å². The van der Waals surface area contributed by atoms with Crippen LogP contribution in [0.15, 0.2) is 24.3 Å². The van der Waals surface area contributed by atoms with Gasteiger partial charge in [-0.3, -0.25) is 4.79 Å². The van der Waals surface area contributed by atoms with Crippen LogP contribution in [0.1, 0.15) is 12.0 Å². The minimum atomic E-state index is 0.222. The van der Waals surface area contributed by atoms with Crippen LogP contribution in [0.25, 0.3) is 0 Å². The van der Waals surface area contributed by atoms with Crippen LogP contribution in [0.4, 0.5) is 0 Å². The number of hydrogen-bond donors (Lipinski definition) is 1. The van der Waals surface area contributed by atoms with E-state index in [0.29, 0.717) is 13.0 Å². The zero-order chi connectivity index (χ0) is 11.4. The predicted octanol–water partition coefficient (Wildman–Crippen LogP) is 1.66. The van der Waals surface area contributed by atoms with Crippen molar-refractivity contribution in [3.8, 4) is 0 Å². The Balaban J connectivity index is 2.02. The largest absolute Gasteiger partial charge is 0.337 e. The van der Waals surface area contributed by atoms with Gasteiger partial charge in [0.1, 0.15) is 0 Å². The van der Waals surface area contributed by atoms with Crippen LogP contribution < -0.4 is 5.32 Å². The zero-order valence-electron chi connectivity index (χ0n) is 9.08. The molecule has 3 nitrogen and oxygen atoms in total. The van der Waals surface area contributed by atoms with Gasteiger partial charge < -0.3 is 10.2 Å². The normalized spacial score (nSPS) is 17.3. The molecule has 4 heteroatoms. The molecule has 1 aliphatic heterocycles. The third kappa shape index (κ3) is 2.97. The van der Waals surface area contributed by atoms with E-state index < -0.39 is 0 Å². The topological polar surface area (TPSA) is 32.3 Å². The molecule has 0 bridgehead atoms. The SMILES string of the molecule is O=C1CCNCCN1Cc1ccc(Cl)cc1. The van der Waals surface area contributed by atoms with E-state index in [2.05, 4.69) is 5.32 Å². The average Bonchev–Trinajstić information content (AvgIpc) is 2.48. The first kappa shape index (κ1) is 11.4. The first-order chi connectivity index (χ1) is 7.75. The fourth-order valence-electron chi connectivity index (χ4n) is 1.79. The molecule has 0 radical (unpaired) electrons. The van der Waals surface area contributed by atoms with Crippen molar-refractivity contribution < 1.29 is 4.79 Å². The highest BCUT2D eigenvalue weighted by molar-refractivity contribution is 6.30. The lowest BCUT2D eigenvalue weighted by Crippen LogP contribution is -2.31. The summed E-state index contributed by atoms with van der Waals surface area (Å²) in [6, 6.07) is 7.65. The van der Waals surface area contributed by atoms with E-state index in [4.69, 9.17) is 11.6 Å². The van der Waals surface area contributed by atoms with E-state index in [1.807, 2.05) is 29.2 Å². The van der Waals surface area contributed by atoms with Crippen LogP contribution in [-0.4, -0.2) is 30.4 Å². The molecular formula is C12H15ClN2O. The van der Waals surface area contributed by atoms with Gasteiger partial charge in [0.15, 0.2) is 0 Å². The summed E-state index contributed by atoms with van der Waals surface area (Å²) in [5, 5.41) is 3.95. The predicted molar refractivity (Wildman–Crippen MR) is 64.4 cm³/mol. The van der Waals surface area contributed by atoms with Gasteiger partial charge in [0.25, 0.3) is 0 Å². The fourth-order valence-corrected chi connectivity index (χ4v) is 1.92. The molecule has 86 valence electrons. The Morgan fingerprint density at radius 3 is 2.75 bits per heavy atom. The van der Waals surface area contributed by atoms with Crippen molar-refractivity contribution >= 4 is 17.5 Å². The molecule has 0 unspecified atom stereocenters. The molecule has 1 saturated heterocycles. The number of carbonyl (C=O) groups excluding carboxylic acids is 1. The number of nitrogens with zero attached hydrogens (tertiary/aromatic N) is 1. The van der Waals surface area contributed by atoms with Gasteiger partial charge in [0.2, 0.25) is 5.91 Å². The summed E-state index contributed by atoms with van der Waals surface area (Å²) in [7, 11) is 0. The molecule has 1 fully saturated rings. The Labute approximate surface area is 100 Å². The second-order valence-corrected chi connectivity index (χ2v) is 4.38. The molecular weight excluding hydrogens is 224 g/mol. The van der Waals surface area contributed by atoms with Crippen molar-refractivity contribution in [1.82, 2.24) is 10.2 Å². The summed E-state index contributed by atoms with van der Waals surface area (Å²) >= 11 is 5.82. The van der Waals surface area contributed by atoms with Gasteiger partial charge in [0, 0.05) is 37.6 Å². The van der Waals surface area contributed by atoms with Gasteiger partial charge in [-0.25, -0.2) is 0 Å². The first-order valence-electron chi connectivity index (χ1n) is 5.48. The maximum atomic E-state index is 11.7. The van der Waals surface area contributed by atoms with E-state index in [9.17, 15) is 4.79 Å². The second kappa shape index (κ2) is 5.32. The smallest absolute Gasteiger partial charge is 0.224 e. The molecule has 1 amide bonds. The van der Waals surface area contributed by atoms with E-state index in [-0.39, 0.29) is 5.91 Å². The van der Waals surface area contributed by atoms with Crippen LogP contribution in [0, 0.1) is 0 Å². The highest BCUT2D eigenvalue weighted by atomic mass is 35.5. The number of hydrogen-bond acceptors (Lipinski definition) is 2. The van der Waals surface area contributed by atoms with Crippen LogP contribution in [0.2, 0.25) is 5.02 Å². The van der Waals surface area contributed by atoms with E-state index in [1.165, 1.54) is 0 Å². The van der Waals surface area contributed by atoms with E-state index in [1.54, 1.807) is 0 Å². The lowest BCUT2D eigenvalue weighted by atomic mass is 10.2. The third-order valence-corrected chi connectivity index (χ3v) is 2.97. The van der Waals surface area contributed by atoms with Crippen LogP contribution in [-0.2, 0) is 11.3 Å². The summed E-state index contributed by atoms with van der Waals surface area (Å²) in [4.78, 5) is 13.6. The Bertz CT molecular complexity index is 364. The molecule has 0 aliphatic carbocycles. The van der Waals surface area contributed by atoms with Crippen molar-refractivity contribution in [1.29, 1.82) is 0 Å². The molecule has 0 spiro atoms. The minimum Gasteiger partial charge on any atom is -0.337 e. The minimum absolute atomic E-state index is 0.222. The lowest BCUT2D eigenvalue weighted by Gasteiger charge is -2.20. The van der Waals surface area contributed by atoms with Crippen molar-refractivity contribution in [2.24, 2.45) is 0 Å². The van der Waals surface area contributed by atoms with Crippen molar-refractivity contribution in [3.05, 3.63) is 34.9 Å². The third-order valence-electron chi connectivity index (χ3n) is 2.71. The quantitative estimate of drug-likeness (QED) is 0.850. The molecule has 1 N–H and O–H groups in total. The Morgan fingerprint density at radius 1 is 1.25 bits per heavy atom. The van der Waals surface area contributed by atoms with Crippen molar-refractivity contribution in [2.75, 3.05) is 19.6 Å². The zero-order valence-corrected chi connectivity index (χ0v) is 9.83. The monoisotopic (exact) mass is 238 g/mol.